The van der Waals surface area contributed by atoms with Gasteiger partial charge in [-0.15, -0.1) is 0 Å². The highest BCUT2D eigenvalue weighted by Crippen LogP contribution is 2.23. The normalized spacial score (nSPS) is 12.3. The van der Waals surface area contributed by atoms with Crippen LogP contribution in [0.1, 0.15) is 24.2 Å². The lowest BCUT2D eigenvalue weighted by atomic mass is 10.1. The summed E-state index contributed by atoms with van der Waals surface area (Å²) >= 11 is 0. The smallest absolute Gasteiger partial charge is 0.264 e. The SMILES string of the molecule is COC(C)(C)CNC(=O)c1cc(F)cc(S(=O)(=O)Cl)c1F. The molecule has 0 radical (unpaired) electrons. The number of benzene rings is 1. The number of hydrogen-bond donors (Lipinski definition) is 1. The fourth-order valence-electron chi connectivity index (χ4n) is 1.37. The number of halogens is 3. The summed E-state index contributed by atoms with van der Waals surface area (Å²) in [6.45, 7) is 3.36. The topological polar surface area (TPSA) is 72.5 Å². The van der Waals surface area contributed by atoms with Crippen molar-refractivity contribution in [2.45, 2.75) is 24.3 Å². The Bertz CT molecular complexity index is 661. The second-order valence-electron chi connectivity index (χ2n) is 4.85. The highest BCUT2D eigenvalue weighted by molar-refractivity contribution is 8.13. The van der Waals surface area contributed by atoms with E-state index in [-0.39, 0.29) is 6.54 Å². The number of carbonyl (C=O) groups is 1. The fourth-order valence-corrected chi connectivity index (χ4v) is 2.28. The molecule has 1 aromatic rings. The first-order valence-electron chi connectivity index (χ1n) is 5.75. The average Bonchev–Trinajstić information content (AvgIpc) is 2.37. The molecule has 9 heteroatoms. The molecule has 1 amide bonds. The van der Waals surface area contributed by atoms with Crippen LogP contribution in [0.25, 0.3) is 0 Å². The van der Waals surface area contributed by atoms with E-state index in [0.29, 0.717) is 12.1 Å². The highest BCUT2D eigenvalue weighted by Gasteiger charge is 2.25. The summed E-state index contributed by atoms with van der Waals surface area (Å²) in [4.78, 5) is 10.8. The zero-order chi connectivity index (χ0) is 16.4. The van der Waals surface area contributed by atoms with Crippen LogP contribution in [0.2, 0.25) is 0 Å². The van der Waals surface area contributed by atoms with Crippen LogP contribution in [0.5, 0.6) is 0 Å². The van der Waals surface area contributed by atoms with Gasteiger partial charge in [0.05, 0.1) is 11.2 Å². The number of ether oxygens (including phenoxy) is 1. The van der Waals surface area contributed by atoms with Gasteiger partial charge in [-0.25, -0.2) is 17.2 Å². The second-order valence-corrected chi connectivity index (χ2v) is 7.38. The molecule has 0 aliphatic rings. The predicted molar refractivity (Wildman–Crippen MR) is 72.8 cm³/mol. The summed E-state index contributed by atoms with van der Waals surface area (Å²) in [7, 11) is 1.91. The lowest BCUT2D eigenvalue weighted by molar-refractivity contribution is 0.0228. The van der Waals surface area contributed by atoms with Gasteiger partial charge in [-0.2, -0.15) is 0 Å². The van der Waals surface area contributed by atoms with Gasteiger partial charge in [0.2, 0.25) is 0 Å². The summed E-state index contributed by atoms with van der Waals surface area (Å²) in [5.74, 6) is -3.47. The molecule has 5 nitrogen and oxygen atoms in total. The van der Waals surface area contributed by atoms with Gasteiger partial charge in [0, 0.05) is 24.3 Å². The van der Waals surface area contributed by atoms with Gasteiger partial charge in [0.25, 0.3) is 15.0 Å². The first-order chi connectivity index (χ1) is 9.48. The predicted octanol–water partition coefficient (Wildman–Crippen LogP) is 2.05. The molecule has 1 rings (SSSR count). The van der Waals surface area contributed by atoms with Crippen molar-refractivity contribution in [1.82, 2.24) is 5.32 Å². The molecule has 21 heavy (non-hydrogen) atoms. The zero-order valence-corrected chi connectivity index (χ0v) is 13.1. The van der Waals surface area contributed by atoms with E-state index < -0.39 is 42.7 Å². The van der Waals surface area contributed by atoms with Crippen LogP contribution in [0, 0.1) is 11.6 Å². The minimum atomic E-state index is -4.51. The lowest BCUT2D eigenvalue weighted by Crippen LogP contribution is -2.40. The standard InChI is InChI=1S/C12H14ClF2NO4S/c1-12(2,20-3)6-16-11(17)8-4-7(14)5-9(10(8)15)21(13,18)19/h4-5H,6H2,1-3H3,(H,16,17). The molecular weight excluding hydrogens is 328 g/mol. The van der Waals surface area contributed by atoms with Crippen molar-refractivity contribution in [3.8, 4) is 0 Å². The molecule has 0 aromatic heterocycles. The summed E-state index contributed by atoms with van der Waals surface area (Å²) in [6, 6.07) is 1.00. The van der Waals surface area contributed by atoms with E-state index in [0.717, 1.165) is 0 Å². The van der Waals surface area contributed by atoms with E-state index in [1.54, 1.807) is 13.8 Å². The molecule has 0 spiro atoms. The Balaban J connectivity index is 3.14. The van der Waals surface area contributed by atoms with Gasteiger partial charge in [-0.05, 0) is 26.0 Å². The number of rotatable bonds is 5. The maximum atomic E-state index is 14.0. The molecule has 0 aliphatic carbocycles. The van der Waals surface area contributed by atoms with E-state index in [1.165, 1.54) is 7.11 Å². The Kier molecular flexibility index (Phi) is 5.30. The monoisotopic (exact) mass is 341 g/mol. The van der Waals surface area contributed by atoms with Gasteiger partial charge in [-0.1, -0.05) is 0 Å². The van der Waals surface area contributed by atoms with Crippen molar-refractivity contribution < 1.29 is 26.7 Å². The van der Waals surface area contributed by atoms with Crippen molar-refractivity contribution in [3.63, 3.8) is 0 Å². The van der Waals surface area contributed by atoms with Gasteiger partial charge >= 0.3 is 0 Å². The quantitative estimate of drug-likeness (QED) is 0.832. The largest absolute Gasteiger partial charge is 0.377 e. The van der Waals surface area contributed by atoms with E-state index in [4.69, 9.17) is 15.4 Å². The van der Waals surface area contributed by atoms with Crippen LogP contribution in [-0.2, 0) is 13.8 Å². The van der Waals surface area contributed by atoms with E-state index in [1.807, 2.05) is 0 Å². The van der Waals surface area contributed by atoms with Crippen LogP contribution in [-0.4, -0.2) is 33.6 Å². The minimum Gasteiger partial charge on any atom is -0.377 e. The minimum absolute atomic E-state index is 0.0151. The van der Waals surface area contributed by atoms with Crippen LogP contribution < -0.4 is 5.32 Å². The van der Waals surface area contributed by atoms with Crippen LogP contribution in [0.4, 0.5) is 8.78 Å². The number of hydrogen-bond acceptors (Lipinski definition) is 4. The number of amides is 1. The van der Waals surface area contributed by atoms with Gasteiger partial charge in [0.1, 0.15) is 10.7 Å². The zero-order valence-electron chi connectivity index (χ0n) is 11.5. The molecule has 1 N–H and O–H groups in total. The van der Waals surface area contributed by atoms with Gasteiger partial charge in [0.15, 0.2) is 5.82 Å². The summed E-state index contributed by atoms with van der Waals surface area (Å²) < 4.78 is 54.7. The molecule has 0 atom stereocenters. The molecule has 0 saturated carbocycles. The van der Waals surface area contributed by atoms with Gasteiger partial charge < -0.3 is 10.1 Å². The van der Waals surface area contributed by atoms with Crippen LogP contribution in [0.3, 0.4) is 0 Å². The number of nitrogens with one attached hydrogen (secondary N) is 1. The first-order valence-corrected chi connectivity index (χ1v) is 8.06. The molecule has 0 aliphatic heterocycles. The second kappa shape index (κ2) is 6.25. The Morgan fingerprint density at radius 2 is 1.95 bits per heavy atom. The molecule has 0 heterocycles. The molecule has 0 saturated heterocycles. The van der Waals surface area contributed by atoms with Crippen LogP contribution >= 0.6 is 10.7 Å². The number of carbonyl (C=O) groups excluding carboxylic acids is 1. The maximum Gasteiger partial charge on any atom is 0.264 e. The molecule has 0 unspecified atom stereocenters. The van der Waals surface area contributed by atoms with Crippen molar-refractivity contribution in [2.75, 3.05) is 13.7 Å². The summed E-state index contributed by atoms with van der Waals surface area (Å²) in [5, 5.41) is 2.33. The molecule has 118 valence electrons. The Hall–Kier alpha value is -1.25. The van der Waals surface area contributed by atoms with E-state index >= 15 is 0 Å². The van der Waals surface area contributed by atoms with Crippen molar-refractivity contribution in [2.24, 2.45) is 0 Å². The average molecular weight is 342 g/mol. The Morgan fingerprint density at radius 1 is 1.38 bits per heavy atom. The highest BCUT2D eigenvalue weighted by atomic mass is 35.7. The van der Waals surface area contributed by atoms with E-state index in [9.17, 15) is 22.0 Å². The summed E-state index contributed by atoms with van der Waals surface area (Å²) in [5.41, 5.74) is -1.47. The molecular formula is C12H14ClF2NO4S. The fraction of sp³-hybridized carbons (Fsp3) is 0.417. The van der Waals surface area contributed by atoms with Crippen molar-refractivity contribution in [1.29, 1.82) is 0 Å². The first kappa shape index (κ1) is 17.8. The van der Waals surface area contributed by atoms with Crippen molar-refractivity contribution in [3.05, 3.63) is 29.3 Å². The molecule has 0 fully saturated rings. The molecule has 1 aromatic carbocycles. The van der Waals surface area contributed by atoms with Crippen LogP contribution in [0.15, 0.2) is 17.0 Å². The molecule has 0 bridgehead atoms. The number of methoxy groups -OCH3 is 1. The Morgan fingerprint density at radius 3 is 2.43 bits per heavy atom. The third-order valence-corrected chi connectivity index (χ3v) is 4.06. The van der Waals surface area contributed by atoms with Crippen molar-refractivity contribution >= 4 is 25.6 Å². The lowest BCUT2D eigenvalue weighted by Gasteiger charge is -2.23. The third kappa shape index (κ3) is 4.62. The third-order valence-electron chi connectivity index (χ3n) is 2.74. The van der Waals surface area contributed by atoms with Gasteiger partial charge in [-0.3, -0.25) is 4.79 Å². The Labute approximate surface area is 125 Å². The van der Waals surface area contributed by atoms with E-state index in [2.05, 4.69) is 5.32 Å². The maximum absolute atomic E-state index is 14.0. The summed E-state index contributed by atoms with van der Waals surface area (Å²) in [6.07, 6.45) is 0.